The van der Waals surface area contributed by atoms with Crippen molar-refractivity contribution >= 4 is 17.3 Å². The topological polar surface area (TPSA) is 106 Å². The highest BCUT2D eigenvalue weighted by molar-refractivity contribution is 5.95. The Morgan fingerprint density at radius 3 is 2.55 bits per heavy atom. The molecule has 9 heteroatoms. The zero-order valence-electron chi connectivity index (χ0n) is 29.8. The van der Waals surface area contributed by atoms with Gasteiger partial charge < -0.3 is 25.5 Å². The molecule has 1 saturated heterocycles. The number of carbonyl (C=O) groups is 1. The van der Waals surface area contributed by atoms with Crippen molar-refractivity contribution in [3.8, 4) is 11.1 Å². The third kappa shape index (κ3) is 9.31. The van der Waals surface area contributed by atoms with Crippen LogP contribution >= 0.6 is 0 Å². The SMILES string of the molecule is CN/C=C\C=C(/C)c1cccc(C(=O)NC2CCN(c3ccc(CN4C=CC(NC(O)c5cccc(-c6cccnc6)c5C)CC4)cn3)CC2)c1. The van der Waals surface area contributed by atoms with E-state index in [1.54, 1.807) is 6.20 Å². The Labute approximate surface area is 301 Å². The van der Waals surface area contributed by atoms with E-state index in [2.05, 4.69) is 68.1 Å². The molecule has 0 saturated carbocycles. The Hall–Kier alpha value is -5.25. The number of rotatable bonds is 12. The Balaban J connectivity index is 0.954. The number of hydrogen-bond donors (Lipinski definition) is 4. The van der Waals surface area contributed by atoms with Gasteiger partial charge in [-0.15, -0.1) is 0 Å². The number of anilines is 1. The summed E-state index contributed by atoms with van der Waals surface area (Å²) in [5.41, 5.74) is 8.03. The number of aliphatic hydroxyl groups excluding tert-OH is 1. The second-order valence-corrected chi connectivity index (χ2v) is 13.4. The van der Waals surface area contributed by atoms with Crippen molar-refractivity contribution < 1.29 is 9.90 Å². The fourth-order valence-corrected chi connectivity index (χ4v) is 6.79. The summed E-state index contributed by atoms with van der Waals surface area (Å²) in [5, 5.41) is 20.7. The van der Waals surface area contributed by atoms with Crippen molar-refractivity contribution in [2.45, 2.75) is 58.0 Å². The van der Waals surface area contributed by atoms with E-state index < -0.39 is 6.23 Å². The highest BCUT2D eigenvalue weighted by Gasteiger charge is 2.23. The zero-order chi connectivity index (χ0) is 35.6. The number of allylic oxidation sites excluding steroid dienone is 3. The van der Waals surface area contributed by atoms with Gasteiger partial charge in [-0.2, -0.15) is 0 Å². The van der Waals surface area contributed by atoms with Gasteiger partial charge in [0.2, 0.25) is 0 Å². The quantitative estimate of drug-likeness (QED) is 0.101. The van der Waals surface area contributed by atoms with Crippen LogP contribution in [0.25, 0.3) is 16.7 Å². The zero-order valence-corrected chi connectivity index (χ0v) is 29.8. The predicted octanol–water partition coefficient (Wildman–Crippen LogP) is 6.36. The van der Waals surface area contributed by atoms with Crippen LogP contribution in [0.15, 0.2) is 116 Å². The first-order valence-electron chi connectivity index (χ1n) is 17.9. The summed E-state index contributed by atoms with van der Waals surface area (Å²) in [6, 6.07) is 22.3. The fraction of sp³-hybridized carbons (Fsp3) is 0.310. The first kappa shape index (κ1) is 35.6. The number of nitrogens with one attached hydrogen (secondary N) is 3. The molecule has 1 fully saturated rings. The van der Waals surface area contributed by atoms with E-state index in [1.165, 1.54) is 0 Å². The second-order valence-electron chi connectivity index (χ2n) is 13.4. The number of pyridine rings is 2. The molecule has 6 rings (SSSR count). The van der Waals surface area contributed by atoms with Gasteiger partial charge in [0.15, 0.2) is 0 Å². The minimum absolute atomic E-state index is 0.0249. The number of aromatic nitrogens is 2. The van der Waals surface area contributed by atoms with Gasteiger partial charge in [0.05, 0.1) is 0 Å². The van der Waals surface area contributed by atoms with Crippen molar-refractivity contribution in [2.75, 3.05) is 31.6 Å². The second kappa shape index (κ2) is 17.1. The maximum Gasteiger partial charge on any atom is 0.251 e. The van der Waals surface area contributed by atoms with Gasteiger partial charge in [-0.3, -0.25) is 15.1 Å². The largest absolute Gasteiger partial charge is 0.394 e. The number of hydrogen-bond acceptors (Lipinski definition) is 8. The van der Waals surface area contributed by atoms with Crippen molar-refractivity contribution in [3.05, 3.63) is 144 Å². The van der Waals surface area contributed by atoms with E-state index in [9.17, 15) is 9.90 Å². The Morgan fingerprint density at radius 1 is 1.00 bits per heavy atom. The normalized spacial score (nSPS) is 17.5. The molecule has 264 valence electrons. The standard InChI is InChI=1S/C42H49N7O2/c1-30(8-6-20-43-3)33-9-4-10-34(26-33)41(50)46-37-18-24-49(25-19-37)40-15-14-32(27-45-40)29-48-22-16-36(17-23-48)47-42(51)39-13-5-12-38(31(39)2)35-11-7-21-44-28-35/h4-16,20-22,26-28,36-37,42-43,47,51H,17-19,23-25,29H2,1-3H3,(H,46,50)/b20-6-,30-8+. The van der Waals surface area contributed by atoms with Gasteiger partial charge in [-0.1, -0.05) is 54.6 Å². The van der Waals surface area contributed by atoms with Crippen molar-refractivity contribution in [3.63, 3.8) is 0 Å². The molecule has 4 heterocycles. The first-order chi connectivity index (χ1) is 24.9. The lowest BCUT2D eigenvalue weighted by Gasteiger charge is -2.33. The van der Waals surface area contributed by atoms with E-state index in [1.807, 2.05) is 93.2 Å². The Morgan fingerprint density at radius 2 is 1.82 bits per heavy atom. The third-order valence-electron chi connectivity index (χ3n) is 9.81. The van der Waals surface area contributed by atoms with Gasteiger partial charge in [0.25, 0.3) is 5.91 Å². The maximum atomic E-state index is 13.1. The highest BCUT2D eigenvalue weighted by Crippen LogP contribution is 2.28. The van der Waals surface area contributed by atoms with Gasteiger partial charge in [-0.25, -0.2) is 4.98 Å². The van der Waals surface area contributed by atoms with Crippen LogP contribution in [-0.2, 0) is 6.54 Å². The molecule has 2 aliphatic rings. The number of amides is 1. The van der Waals surface area contributed by atoms with Crippen LogP contribution in [0, 0.1) is 6.92 Å². The minimum Gasteiger partial charge on any atom is -0.394 e. The summed E-state index contributed by atoms with van der Waals surface area (Å²) >= 11 is 0. The highest BCUT2D eigenvalue weighted by atomic mass is 16.3. The maximum absolute atomic E-state index is 13.1. The number of carbonyl (C=O) groups excluding carboxylic acids is 1. The van der Waals surface area contributed by atoms with Crippen LogP contribution in [0.5, 0.6) is 0 Å². The van der Waals surface area contributed by atoms with E-state index in [0.717, 1.165) is 90.2 Å². The molecule has 2 aromatic carbocycles. The molecular weight excluding hydrogens is 635 g/mol. The molecule has 2 aromatic heterocycles. The molecule has 4 aromatic rings. The fourth-order valence-electron chi connectivity index (χ4n) is 6.79. The Kier molecular flexibility index (Phi) is 11.9. The molecular formula is C42H49N7O2. The van der Waals surface area contributed by atoms with Crippen molar-refractivity contribution in [2.24, 2.45) is 0 Å². The summed E-state index contributed by atoms with van der Waals surface area (Å²) in [5.74, 6) is 0.948. The van der Waals surface area contributed by atoms with Crippen LogP contribution in [0.2, 0.25) is 0 Å². The summed E-state index contributed by atoms with van der Waals surface area (Å²) in [6.45, 7) is 7.45. The van der Waals surface area contributed by atoms with Crippen LogP contribution in [0.4, 0.5) is 5.82 Å². The molecule has 51 heavy (non-hydrogen) atoms. The number of piperidine rings is 1. The number of nitrogens with zero attached hydrogens (tertiary/aromatic N) is 4. The van der Waals surface area contributed by atoms with Crippen LogP contribution in [-0.4, -0.2) is 64.6 Å². The molecule has 2 aliphatic heterocycles. The van der Waals surface area contributed by atoms with E-state index in [0.29, 0.717) is 5.56 Å². The average molecular weight is 684 g/mol. The van der Waals surface area contributed by atoms with E-state index >= 15 is 0 Å². The lowest BCUT2D eigenvalue weighted by atomic mass is 9.96. The summed E-state index contributed by atoms with van der Waals surface area (Å²) in [7, 11) is 1.87. The number of benzene rings is 2. The molecule has 0 spiro atoms. The molecule has 0 aliphatic carbocycles. The van der Waals surface area contributed by atoms with Crippen molar-refractivity contribution in [1.29, 1.82) is 0 Å². The lowest BCUT2D eigenvalue weighted by Crippen LogP contribution is -2.45. The van der Waals surface area contributed by atoms with E-state index in [4.69, 9.17) is 4.98 Å². The predicted molar refractivity (Wildman–Crippen MR) is 206 cm³/mol. The molecule has 0 radical (unpaired) electrons. The van der Waals surface area contributed by atoms with Gasteiger partial charge in [0.1, 0.15) is 12.0 Å². The van der Waals surface area contributed by atoms with Crippen LogP contribution in [0.1, 0.15) is 65.0 Å². The lowest BCUT2D eigenvalue weighted by molar-refractivity contribution is 0.0931. The monoisotopic (exact) mass is 683 g/mol. The number of aliphatic hydroxyl groups is 1. The third-order valence-corrected chi connectivity index (χ3v) is 9.81. The van der Waals surface area contributed by atoms with Crippen LogP contribution < -0.4 is 20.9 Å². The van der Waals surface area contributed by atoms with Gasteiger partial charge in [-0.05, 0) is 109 Å². The smallest absolute Gasteiger partial charge is 0.251 e. The Bertz CT molecular complexity index is 1850. The first-order valence-corrected chi connectivity index (χ1v) is 17.9. The summed E-state index contributed by atoms with van der Waals surface area (Å²) < 4.78 is 0. The average Bonchev–Trinajstić information content (AvgIpc) is 3.17. The molecule has 9 nitrogen and oxygen atoms in total. The molecule has 2 atom stereocenters. The van der Waals surface area contributed by atoms with Gasteiger partial charge in [0, 0.05) is 75.0 Å². The summed E-state index contributed by atoms with van der Waals surface area (Å²) in [4.78, 5) is 26.7. The molecule has 4 N–H and O–H groups in total. The van der Waals surface area contributed by atoms with Crippen molar-refractivity contribution in [1.82, 2.24) is 30.8 Å². The van der Waals surface area contributed by atoms with Gasteiger partial charge >= 0.3 is 0 Å². The van der Waals surface area contributed by atoms with Crippen LogP contribution in [0.3, 0.4) is 0 Å². The van der Waals surface area contributed by atoms with E-state index in [-0.39, 0.29) is 18.0 Å². The molecule has 2 unspecified atom stereocenters. The molecule has 1 amide bonds. The minimum atomic E-state index is -0.763. The molecule has 0 bridgehead atoms. The summed E-state index contributed by atoms with van der Waals surface area (Å²) in [6.07, 6.45) is 17.6.